The summed E-state index contributed by atoms with van der Waals surface area (Å²) in [6.07, 6.45) is 1.91. The van der Waals surface area contributed by atoms with Crippen molar-refractivity contribution in [3.8, 4) is 0 Å². The van der Waals surface area contributed by atoms with Gasteiger partial charge in [0.25, 0.3) is 5.91 Å². The first-order valence-corrected chi connectivity index (χ1v) is 9.51. The number of carbonyl (C=O) groups is 2. The van der Waals surface area contributed by atoms with Gasteiger partial charge in [-0.3, -0.25) is 20.4 Å². The van der Waals surface area contributed by atoms with Gasteiger partial charge in [0.15, 0.2) is 5.13 Å². The topological polar surface area (TPSA) is 83.6 Å². The van der Waals surface area contributed by atoms with Gasteiger partial charge < -0.3 is 9.64 Å². The number of benzene rings is 1. The van der Waals surface area contributed by atoms with Gasteiger partial charge >= 0.3 is 0 Å². The number of amides is 2. The Kier molecular flexibility index (Phi) is 6.56. The monoisotopic (exact) mass is 374 g/mol. The number of nitrogens with one attached hydrogen (secondary N) is 2. The summed E-state index contributed by atoms with van der Waals surface area (Å²) in [5, 5.41) is 2.49. The molecule has 1 aliphatic rings. The van der Waals surface area contributed by atoms with Gasteiger partial charge in [-0.05, 0) is 18.4 Å². The summed E-state index contributed by atoms with van der Waals surface area (Å²) in [7, 11) is 0. The zero-order chi connectivity index (χ0) is 18.2. The fourth-order valence-corrected chi connectivity index (χ4v) is 3.48. The highest BCUT2D eigenvalue weighted by atomic mass is 32.1. The minimum absolute atomic E-state index is 0.210. The molecule has 8 heteroatoms. The molecule has 0 spiro atoms. The van der Waals surface area contributed by atoms with Crippen molar-refractivity contribution in [3.05, 3.63) is 47.0 Å². The first-order chi connectivity index (χ1) is 12.7. The number of aromatic nitrogens is 1. The molecule has 0 atom stereocenters. The summed E-state index contributed by atoms with van der Waals surface area (Å²) in [6.45, 7) is 2.87. The normalized spacial score (nSPS) is 14.1. The van der Waals surface area contributed by atoms with Crippen LogP contribution in [0.2, 0.25) is 0 Å². The van der Waals surface area contributed by atoms with Crippen LogP contribution in [-0.4, -0.2) is 43.1 Å². The number of nitrogens with zero attached hydrogens (tertiary/aromatic N) is 2. The fourth-order valence-electron chi connectivity index (χ4n) is 2.62. The van der Waals surface area contributed by atoms with E-state index in [1.807, 2.05) is 30.3 Å². The van der Waals surface area contributed by atoms with Crippen LogP contribution in [0.1, 0.15) is 28.9 Å². The van der Waals surface area contributed by atoms with E-state index in [0.717, 1.165) is 31.1 Å². The molecule has 7 nitrogen and oxygen atoms in total. The first kappa shape index (κ1) is 18.3. The molecule has 1 fully saturated rings. The van der Waals surface area contributed by atoms with Crippen molar-refractivity contribution in [2.45, 2.75) is 19.3 Å². The maximum atomic E-state index is 12.1. The van der Waals surface area contributed by atoms with Crippen LogP contribution in [0.3, 0.4) is 0 Å². The molecule has 1 aromatic carbocycles. The number of hydrazine groups is 1. The van der Waals surface area contributed by atoms with Gasteiger partial charge in [0.05, 0.1) is 13.2 Å². The number of hydrogen-bond donors (Lipinski definition) is 2. The van der Waals surface area contributed by atoms with Crippen LogP contribution in [0.5, 0.6) is 0 Å². The van der Waals surface area contributed by atoms with Crippen LogP contribution in [-0.2, 0) is 16.0 Å². The van der Waals surface area contributed by atoms with E-state index in [9.17, 15) is 9.59 Å². The second-order valence-corrected chi connectivity index (χ2v) is 6.79. The number of carbonyl (C=O) groups excluding carboxylic acids is 2. The van der Waals surface area contributed by atoms with Crippen LogP contribution in [0.15, 0.2) is 35.7 Å². The van der Waals surface area contributed by atoms with Crippen molar-refractivity contribution < 1.29 is 14.3 Å². The third-order valence-electron chi connectivity index (χ3n) is 4.03. The maximum Gasteiger partial charge on any atom is 0.289 e. The molecule has 138 valence electrons. The zero-order valence-electron chi connectivity index (χ0n) is 14.4. The van der Waals surface area contributed by atoms with Crippen LogP contribution in [0.4, 0.5) is 5.13 Å². The first-order valence-electron chi connectivity index (χ1n) is 8.64. The fraction of sp³-hybridized carbons (Fsp3) is 0.389. The summed E-state index contributed by atoms with van der Waals surface area (Å²) in [5.74, 6) is -0.616. The Morgan fingerprint density at radius 2 is 1.92 bits per heavy atom. The number of ether oxygens (including phenoxy) is 1. The van der Waals surface area contributed by atoms with E-state index in [-0.39, 0.29) is 5.91 Å². The predicted octanol–water partition coefficient (Wildman–Crippen LogP) is 1.76. The lowest BCUT2D eigenvalue weighted by molar-refractivity contribution is -0.121. The van der Waals surface area contributed by atoms with Gasteiger partial charge in [0, 0.05) is 24.9 Å². The number of aryl methyl sites for hydroxylation is 1. The van der Waals surface area contributed by atoms with Crippen molar-refractivity contribution in [1.29, 1.82) is 0 Å². The molecule has 2 amide bonds. The minimum Gasteiger partial charge on any atom is -0.378 e. The molecule has 1 saturated heterocycles. The molecule has 2 heterocycles. The van der Waals surface area contributed by atoms with E-state index >= 15 is 0 Å². The van der Waals surface area contributed by atoms with Gasteiger partial charge in [-0.2, -0.15) is 0 Å². The van der Waals surface area contributed by atoms with E-state index in [1.54, 1.807) is 5.38 Å². The zero-order valence-corrected chi connectivity index (χ0v) is 15.3. The number of rotatable bonds is 6. The third-order valence-corrected chi connectivity index (χ3v) is 4.94. The Morgan fingerprint density at radius 1 is 1.15 bits per heavy atom. The van der Waals surface area contributed by atoms with Crippen LogP contribution >= 0.6 is 11.3 Å². The van der Waals surface area contributed by atoms with E-state index in [1.165, 1.54) is 16.9 Å². The van der Waals surface area contributed by atoms with Crippen LogP contribution in [0.25, 0.3) is 0 Å². The minimum atomic E-state index is -0.405. The molecule has 2 aromatic rings. The molecule has 0 bridgehead atoms. The van der Waals surface area contributed by atoms with Gasteiger partial charge in [-0.25, -0.2) is 4.98 Å². The third kappa shape index (κ3) is 5.27. The lowest BCUT2D eigenvalue weighted by atomic mass is 10.1. The molecule has 3 rings (SSSR count). The lowest BCUT2D eigenvalue weighted by Crippen LogP contribution is -2.41. The van der Waals surface area contributed by atoms with Crippen molar-refractivity contribution in [1.82, 2.24) is 15.8 Å². The highest BCUT2D eigenvalue weighted by molar-refractivity contribution is 7.13. The van der Waals surface area contributed by atoms with Crippen LogP contribution in [0, 0.1) is 0 Å². The van der Waals surface area contributed by atoms with E-state index in [0.29, 0.717) is 25.3 Å². The van der Waals surface area contributed by atoms with Crippen molar-refractivity contribution in [3.63, 3.8) is 0 Å². The Bertz CT molecular complexity index is 729. The van der Waals surface area contributed by atoms with Crippen molar-refractivity contribution in [2.24, 2.45) is 0 Å². The standard InChI is InChI=1S/C18H22N4O3S/c23-16(8-4-7-14-5-2-1-3-6-14)20-21-17(24)15-13-26-18(19-15)22-9-11-25-12-10-22/h1-3,5-6,13H,4,7-12H2,(H,20,23)(H,21,24). The second-order valence-electron chi connectivity index (χ2n) is 5.96. The predicted molar refractivity (Wildman–Crippen MR) is 100 cm³/mol. The summed E-state index contributed by atoms with van der Waals surface area (Å²) in [6, 6.07) is 10.00. The SMILES string of the molecule is O=C(CCCc1ccccc1)NNC(=O)c1csc(N2CCOCC2)n1. The molecule has 0 unspecified atom stereocenters. The van der Waals surface area contributed by atoms with Gasteiger partial charge in [-0.15, -0.1) is 11.3 Å². The average molecular weight is 374 g/mol. The van der Waals surface area contributed by atoms with E-state index in [4.69, 9.17) is 4.74 Å². The number of anilines is 1. The summed E-state index contributed by atoms with van der Waals surface area (Å²) in [4.78, 5) is 30.4. The van der Waals surface area contributed by atoms with Gasteiger partial charge in [-0.1, -0.05) is 30.3 Å². The number of thiazole rings is 1. The Labute approximate surface area is 156 Å². The molecular weight excluding hydrogens is 352 g/mol. The number of hydrogen-bond acceptors (Lipinski definition) is 6. The summed E-state index contributed by atoms with van der Waals surface area (Å²) < 4.78 is 5.31. The van der Waals surface area contributed by atoms with E-state index in [2.05, 4.69) is 20.7 Å². The Morgan fingerprint density at radius 3 is 2.69 bits per heavy atom. The van der Waals surface area contributed by atoms with Crippen LogP contribution < -0.4 is 15.8 Å². The maximum absolute atomic E-state index is 12.1. The highest BCUT2D eigenvalue weighted by Gasteiger charge is 2.17. The second kappa shape index (κ2) is 9.30. The highest BCUT2D eigenvalue weighted by Crippen LogP contribution is 2.21. The lowest BCUT2D eigenvalue weighted by Gasteiger charge is -2.25. The number of morpholine rings is 1. The molecule has 1 aliphatic heterocycles. The Balaban J connectivity index is 1.39. The molecular formula is C18H22N4O3S. The van der Waals surface area contributed by atoms with Gasteiger partial charge in [0.1, 0.15) is 5.69 Å². The molecule has 2 N–H and O–H groups in total. The quantitative estimate of drug-likeness (QED) is 0.753. The molecule has 1 aromatic heterocycles. The molecule has 0 aliphatic carbocycles. The van der Waals surface area contributed by atoms with Crippen molar-refractivity contribution in [2.75, 3.05) is 31.2 Å². The molecule has 0 saturated carbocycles. The summed E-state index contributed by atoms with van der Waals surface area (Å²) >= 11 is 1.42. The van der Waals surface area contributed by atoms with Gasteiger partial charge in [0.2, 0.25) is 5.91 Å². The molecule has 26 heavy (non-hydrogen) atoms. The van der Waals surface area contributed by atoms with Crippen molar-refractivity contribution >= 4 is 28.3 Å². The average Bonchev–Trinajstić information content (AvgIpc) is 3.18. The molecule has 0 radical (unpaired) electrons. The Hall–Kier alpha value is -2.45. The van der Waals surface area contributed by atoms with E-state index < -0.39 is 5.91 Å². The smallest absolute Gasteiger partial charge is 0.289 e. The largest absolute Gasteiger partial charge is 0.378 e. The summed E-state index contributed by atoms with van der Waals surface area (Å²) in [5.41, 5.74) is 6.38.